The molecule has 5 nitrogen and oxygen atoms in total. The molecular weight excluding hydrogens is 249 g/mol. The molecule has 19 heavy (non-hydrogen) atoms. The number of hydrogen-bond donors (Lipinski definition) is 2. The molecule has 2 N–H and O–H groups in total. The minimum absolute atomic E-state index is 0.0664. The van der Waals surface area contributed by atoms with Gasteiger partial charge in [0.05, 0.1) is 0 Å². The lowest BCUT2D eigenvalue weighted by Gasteiger charge is -2.05. The lowest BCUT2D eigenvalue weighted by Crippen LogP contribution is -2.10. The van der Waals surface area contributed by atoms with Crippen LogP contribution in [0.4, 0.5) is 10.3 Å². The van der Waals surface area contributed by atoms with E-state index in [1.165, 1.54) is 24.4 Å². The molecule has 0 saturated heterocycles. The van der Waals surface area contributed by atoms with Crippen molar-refractivity contribution in [3.8, 4) is 0 Å². The molecule has 0 aliphatic carbocycles. The third kappa shape index (κ3) is 3.74. The predicted molar refractivity (Wildman–Crippen MR) is 67.6 cm³/mol. The molecule has 0 spiro atoms. The molecule has 0 unspecified atom stereocenters. The molecule has 98 valence electrons. The number of rotatable bonds is 5. The summed E-state index contributed by atoms with van der Waals surface area (Å²) in [5.41, 5.74) is 0.783. The largest absolute Gasteiger partial charge is 0.477 e. The zero-order chi connectivity index (χ0) is 13.7. The number of nitrogens with zero attached hydrogens (tertiary/aromatic N) is 2. The Hall–Kier alpha value is -2.50. The first kappa shape index (κ1) is 12.9. The summed E-state index contributed by atoms with van der Waals surface area (Å²) in [6.45, 7) is 0.493. The second-order valence-corrected chi connectivity index (χ2v) is 3.88. The number of benzene rings is 1. The van der Waals surface area contributed by atoms with Gasteiger partial charge >= 0.3 is 5.97 Å². The van der Waals surface area contributed by atoms with Crippen LogP contribution in [0.5, 0.6) is 0 Å². The van der Waals surface area contributed by atoms with Gasteiger partial charge in [-0.25, -0.2) is 19.2 Å². The Balaban J connectivity index is 1.92. The van der Waals surface area contributed by atoms with Gasteiger partial charge in [0.25, 0.3) is 0 Å². The number of hydrogen-bond acceptors (Lipinski definition) is 4. The van der Waals surface area contributed by atoms with Gasteiger partial charge in [-0.15, -0.1) is 0 Å². The van der Waals surface area contributed by atoms with Crippen LogP contribution in [0, 0.1) is 5.82 Å². The van der Waals surface area contributed by atoms with Crippen LogP contribution in [-0.4, -0.2) is 27.6 Å². The molecule has 0 fully saturated rings. The fraction of sp³-hybridized carbons (Fsp3) is 0.154. The molecule has 0 atom stereocenters. The normalized spacial score (nSPS) is 10.2. The second kappa shape index (κ2) is 5.90. The van der Waals surface area contributed by atoms with E-state index in [4.69, 9.17) is 5.11 Å². The van der Waals surface area contributed by atoms with Gasteiger partial charge in [0, 0.05) is 12.7 Å². The van der Waals surface area contributed by atoms with Crippen LogP contribution in [0.2, 0.25) is 0 Å². The summed E-state index contributed by atoms with van der Waals surface area (Å²) in [5, 5.41) is 11.7. The Morgan fingerprint density at radius 3 is 2.95 bits per heavy atom. The molecule has 2 aromatic rings. The van der Waals surface area contributed by atoms with Crippen molar-refractivity contribution < 1.29 is 14.3 Å². The zero-order valence-corrected chi connectivity index (χ0v) is 10.0. The van der Waals surface area contributed by atoms with Gasteiger partial charge in [-0.2, -0.15) is 0 Å². The van der Waals surface area contributed by atoms with Gasteiger partial charge in [-0.1, -0.05) is 12.1 Å². The van der Waals surface area contributed by atoms with Gasteiger partial charge in [-0.3, -0.25) is 0 Å². The first-order valence-electron chi connectivity index (χ1n) is 5.70. The highest BCUT2D eigenvalue weighted by Crippen LogP contribution is 2.05. The van der Waals surface area contributed by atoms with Gasteiger partial charge < -0.3 is 10.4 Å². The quantitative estimate of drug-likeness (QED) is 0.860. The van der Waals surface area contributed by atoms with Gasteiger partial charge in [-0.05, 0) is 30.2 Å². The maximum atomic E-state index is 12.9. The fourth-order valence-corrected chi connectivity index (χ4v) is 1.57. The topological polar surface area (TPSA) is 75.1 Å². The average Bonchev–Trinajstić information content (AvgIpc) is 2.39. The third-order valence-corrected chi connectivity index (χ3v) is 2.46. The number of aromatic nitrogens is 2. The SMILES string of the molecule is O=C(O)c1ccnc(NCCc2cccc(F)c2)n1. The smallest absolute Gasteiger partial charge is 0.354 e. The van der Waals surface area contributed by atoms with Crippen LogP contribution in [0.3, 0.4) is 0 Å². The van der Waals surface area contributed by atoms with Crippen LogP contribution in [0.15, 0.2) is 36.5 Å². The van der Waals surface area contributed by atoms with E-state index in [9.17, 15) is 9.18 Å². The molecule has 0 radical (unpaired) electrons. The summed E-state index contributed by atoms with van der Waals surface area (Å²) >= 11 is 0. The molecule has 0 aliphatic heterocycles. The fourth-order valence-electron chi connectivity index (χ4n) is 1.57. The van der Waals surface area contributed by atoms with E-state index in [0.717, 1.165) is 5.56 Å². The highest BCUT2D eigenvalue weighted by Gasteiger charge is 2.05. The van der Waals surface area contributed by atoms with Crippen LogP contribution in [-0.2, 0) is 6.42 Å². The van der Waals surface area contributed by atoms with Crippen LogP contribution >= 0.6 is 0 Å². The van der Waals surface area contributed by atoms with Crippen LogP contribution < -0.4 is 5.32 Å². The van der Waals surface area contributed by atoms with Crippen molar-refractivity contribution in [3.05, 3.63) is 53.6 Å². The number of nitrogens with one attached hydrogen (secondary N) is 1. The number of aromatic carboxylic acids is 1. The van der Waals surface area contributed by atoms with E-state index in [1.807, 2.05) is 6.07 Å². The molecule has 1 aromatic carbocycles. The Labute approximate surface area is 109 Å². The van der Waals surface area contributed by atoms with Crippen molar-refractivity contribution in [2.24, 2.45) is 0 Å². The second-order valence-electron chi connectivity index (χ2n) is 3.88. The summed E-state index contributed by atoms with van der Waals surface area (Å²) < 4.78 is 12.9. The van der Waals surface area contributed by atoms with E-state index >= 15 is 0 Å². The molecule has 0 aliphatic rings. The number of anilines is 1. The van der Waals surface area contributed by atoms with Gasteiger partial charge in [0.1, 0.15) is 5.82 Å². The van der Waals surface area contributed by atoms with Crippen LogP contribution in [0.25, 0.3) is 0 Å². The Kier molecular flexibility index (Phi) is 4.02. The summed E-state index contributed by atoms with van der Waals surface area (Å²) in [6.07, 6.45) is 1.97. The Bertz CT molecular complexity index is 590. The Morgan fingerprint density at radius 1 is 1.37 bits per heavy atom. The Morgan fingerprint density at radius 2 is 2.21 bits per heavy atom. The van der Waals surface area contributed by atoms with Crippen molar-refractivity contribution in [1.29, 1.82) is 0 Å². The standard InChI is InChI=1S/C13H12FN3O2/c14-10-3-1-2-9(8-10)4-6-15-13-16-7-5-11(17-13)12(18)19/h1-3,5,7-8H,4,6H2,(H,18,19)(H,15,16,17). The molecule has 1 heterocycles. The van der Waals surface area contributed by atoms with Crippen molar-refractivity contribution >= 4 is 11.9 Å². The summed E-state index contributed by atoms with van der Waals surface area (Å²) in [4.78, 5) is 18.5. The minimum atomic E-state index is -1.10. The zero-order valence-electron chi connectivity index (χ0n) is 10.0. The van der Waals surface area contributed by atoms with E-state index in [0.29, 0.717) is 13.0 Å². The van der Waals surface area contributed by atoms with Crippen molar-refractivity contribution in [2.75, 3.05) is 11.9 Å². The highest BCUT2D eigenvalue weighted by atomic mass is 19.1. The molecular formula is C13H12FN3O2. The van der Waals surface area contributed by atoms with Gasteiger partial charge in [0.15, 0.2) is 5.69 Å². The average molecular weight is 261 g/mol. The molecule has 0 bridgehead atoms. The maximum Gasteiger partial charge on any atom is 0.354 e. The number of halogens is 1. The summed E-state index contributed by atoms with van der Waals surface area (Å²) in [6, 6.07) is 7.62. The van der Waals surface area contributed by atoms with Crippen molar-refractivity contribution in [1.82, 2.24) is 9.97 Å². The molecule has 0 amide bonds. The minimum Gasteiger partial charge on any atom is -0.477 e. The highest BCUT2D eigenvalue weighted by molar-refractivity contribution is 5.85. The maximum absolute atomic E-state index is 12.9. The lowest BCUT2D eigenvalue weighted by molar-refractivity contribution is 0.0690. The third-order valence-electron chi connectivity index (χ3n) is 2.46. The van der Waals surface area contributed by atoms with E-state index in [1.54, 1.807) is 6.07 Å². The monoisotopic (exact) mass is 261 g/mol. The lowest BCUT2D eigenvalue weighted by atomic mass is 10.1. The summed E-state index contributed by atoms with van der Waals surface area (Å²) in [5.74, 6) is -1.13. The van der Waals surface area contributed by atoms with Gasteiger partial charge in [0.2, 0.25) is 5.95 Å². The first-order chi connectivity index (χ1) is 9.15. The molecule has 0 saturated carbocycles. The number of carbonyl (C=O) groups is 1. The molecule has 1 aromatic heterocycles. The molecule has 6 heteroatoms. The summed E-state index contributed by atoms with van der Waals surface area (Å²) in [7, 11) is 0. The molecule has 2 rings (SSSR count). The predicted octanol–water partition coefficient (Wildman–Crippen LogP) is 1.97. The number of carboxylic acids is 1. The van der Waals surface area contributed by atoms with E-state index in [-0.39, 0.29) is 17.5 Å². The van der Waals surface area contributed by atoms with Crippen molar-refractivity contribution in [3.63, 3.8) is 0 Å². The van der Waals surface area contributed by atoms with Crippen LogP contribution in [0.1, 0.15) is 16.1 Å². The number of carboxylic acid groups (broad SMARTS) is 1. The van der Waals surface area contributed by atoms with Crippen molar-refractivity contribution in [2.45, 2.75) is 6.42 Å². The van der Waals surface area contributed by atoms with E-state index in [2.05, 4.69) is 15.3 Å². The van der Waals surface area contributed by atoms with E-state index < -0.39 is 5.97 Å². The first-order valence-corrected chi connectivity index (χ1v) is 5.70.